The van der Waals surface area contributed by atoms with Crippen LogP contribution < -0.4 is 137 Å². The SMILES string of the molecule is O=C(NS(=O)(=O)c1ccccc1)c1ccc(-n2ccc(OCCC3(C(F)(F)F)CC3)n2)nc1Cl.O=CO[O-].S.S.[2H]C([2H])([2H])[C@@H]1CN(c2nc(-n3ccc(OCCC4(C(F)(F)F)CC4)n3)ccc2C(=O)NS(=O)(=O)c2ccccc2)C(C)(C)C1([2H])[2H].[2H]C([2H])([2H])[C@@H]1CNC(C)(C)C1([2H])[2H].[H-].[K+].[K+]. The second kappa shape index (κ2) is 34.0. The summed E-state index contributed by atoms with van der Waals surface area (Å²) in [5.41, 5.74) is -6.14. The standard InChI is InChI=1S/C28H32F3N5O4S.C21H18ClF3N4O4S.C7H15N.CH2O3.2K.2H2S.H/c1-19-17-26(2,3)35(18-19)24-21(25(37)34-41(38,39)20-7-5-4-6-8-20)9-10-22(32-24)36-15-11-23(33-36)40-16-14-27(12-13-27)28(29,30)31;22-18-15(19(30)28-34(31,32)14-4-2-1-3-5-14)6-7-16(26-18)29-12-8-17(27-29)33-13-11-20(9-10-20)21(23,24)25;1-6-4-7(2,3)8-5-6;2-1-4-3;;;;;/h4-11,15,19H,12-14,16-18H2,1-3H3,(H,34,37);1-8,12H,9-11,13H2,(H,28,30);6,8H,4-5H2,1-3H3;1,3H;;;2*1H2;/q;;;;2*+1;;;-1/p-1/t19-;;6-;;;;;;/m0.0....../s1/i1D3,17D2;;1D3,4D2;;;;;;. The van der Waals surface area contributed by atoms with Crippen LogP contribution in [0.5, 0.6) is 11.8 Å². The predicted molar refractivity (Wildman–Crippen MR) is 326 cm³/mol. The van der Waals surface area contributed by atoms with Crippen LogP contribution in [0.3, 0.4) is 0 Å². The number of aromatic nitrogens is 6. The van der Waals surface area contributed by atoms with Gasteiger partial charge in [0.25, 0.3) is 38.3 Å². The summed E-state index contributed by atoms with van der Waals surface area (Å²) in [6, 6.07) is 22.6. The molecule has 4 aromatic heterocycles. The molecule has 3 N–H and O–H groups in total. The molecule has 6 aromatic rings. The number of benzene rings is 2. The number of halogens is 7. The predicted octanol–water partition coefficient (Wildman–Crippen LogP) is 3.45. The van der Waals surface area contributed by atoms with Gasteiger partial charge in [-0.1, -0.05) is 61.7 Å². The van der Waals surface area contributed by atoms with Crippen LogP contribution in [-0.2, 0) is 29.7 Å². The fourth-order valence-electron chi connectivity index (χ4n) is 8.93. The van der Waals surface area contributed by atoms with Crippen molar-refractivity contribution in [2.24, 2.45) is 22.7 Å². The van der Waals surface area contributed by atoms with E-state index in [1.165, 1.54) is 125 Å². The topological polar surface area (TPSA) is 271 Å². The maximum absolute atomic E-state index is 13.5. The maximum atomic E-state index is 13.5. The third-order valence-corrected chi connectivity index (χ3v) is 17.0. The van der Waals surface area contributed by atoms with Gasteiger partial charge in [0, 0.05) is 55.9 Å². The number of nitrogens with one attached hydrogen (secondary N) is 3. The van der Waals surface area contributed by atoms with Gasteiger partial charge in [0.2, 0.25) is 11.8 Å². The van der Waals surface area contributed by atoms with Crippen LogP contribution in [-0.4, -0.2) is 114 Å². The molecule has 2 saturated heterocycles. The first-order valence-electron chi connectivity index (χ1n) is 31.4. The Morgan fingerprint density at radius 1 is 0.714 bits per heavy atom. The summed E-state index contributed by atoms with van der Waals surface area (Å²) in [6.07, 6.45) is -9.76. The van der Waals surface area contributed by atoms with Gasteiger partial charge in [0.05, 0.1) is 45.0 Å². The molecule has 0 unspecified atom stereocenters. The van der Waals surface area contributed by atoms with Crippen molar-refractivity contribution in [1.82, 2.24) is 44.3 Å². The Balaban J connectivity index is 0.000000554. The van der Waals surface area contributed by atoms with E-state index in [-0.39, 0.29) is 258 Å². The molecular formula is C57H71ClF6K2N10O11S4. The van der Waals surface area contributed by atoms with E-state index in [1.54, 1.807) is 26.0 Å². The Morgan fingerprint density at radius 2 is 1.14 bits per heavy atom. The summed E-state index contributed by atoms with van der Waals surface area (Å²) in [5, 5.41) is 19.4. The van der Waals surface area contributed by atoms with Gasteiger partial charge >= 0.3 is 115 Å². The fraction of sp³-hybridized carbons (Fsp3) is 0.456. The molecule has 0 spiro atoms. The number of ether oxygens (including phenoxy) is 2. The van der Waals surface area contributed by atoms with Gasteiger partial charge in [-0.3, -0.25) is 14.4 Å². The van der Waals surface area contributed by atoms with Crippen LogP contribution in [0, 0.1) is 22.7 Å². The molecule has 21 nitrogen and oxygen atoms in total. The second-order valence-electron chi connectivity index (χ2n) is 21.3. The van der Waals surface area contributed by atoms with Crippen LogP contribution >= 0.6 is 38.6 Å². The summed E-state index contributed by atoms with van der Waals surface area (Å²) in [7, 11) is -8.43. The normalized spacial score (nSPS) is 20.9. The first kappa shape index (κ1) is 66.3. The van der Waals surface area contributed by atoms with Crippen molar-refractivity contribution in [2.75, 3.05) is 31.2 Å². The molecule has 4 fully saturated rings. The monoisotopic (exact) mass is 1440 g/mol. The minimum absolute atomic E-state index is 0. The number of pyridine rings is 2. The number of rotatable bonds is 18. The van der Waals surface area contributed by atoms with Crippen molar-refractivity contribution < 1.29 is 195 Å². The van der Waals surface area contributed by atoms with Crippen molar-refractivity contribution in [1.29, 1.82) is 0 Å². The number of anilines is 1. The third kappa shape index (κ3) is 22.1. The largest absolute Gasteiger partial charge is 1.00 e. The third-order valence-electron chi connectivity index (χ3n) is 14.1. The van der Waals surface area contributed by atoms with Gasteiger partial charge in [0.15, 0.2) is 11.6 Å². The van der Waals surface area contributed by atoms with Crippen molar-refractivity contribution in [3.63, 3.8) is 0 Å². The van der Waals surface area contributed by atoms with E-state index in [2.05, 4.69) is 30.4 Å². The van der Waals surface area contributed by atoms with Gasteiger partial charge in [-0.05, 0) is 146 Å². The van der Waals surface area contributed by atoms with Crippen molar-refractivity contribution in [2.45, 2.75) is 126 Å². The molecule has 2 amide bonds. The summed E-state index contributed by atoms with van der Waals surface area (Å²) >= 11 is 6.09. The molecule has 91 heavy (non-hydrogen) atoms. The van der Waals surface area contributed by atoms with Gasteiger partial charge in [0.1, 0.15) is 11.0 Å². The van der Waals surface area contributed by atoms with Gasteiger partial charge in [-0.2, -0.15) is 53.3 Å². The Hall–Kier alpha value is -3.37. The number of carbonyl (C=O) groups is 3. The van der Waals surface area contributed by atoms with Crippen molar-refractivity contribution in [3.8, 4) is 23.4 Å². The van der Waals surface area contributed by atoms with E-state index in [0.29, 0.717) is 0 Å². The van der Waals surface area contributed by atoms with Gasteiger partial charge in [-0.25, -0.2) is 45.6 Å². The average Bonchev–Trinajstić information content (AvgIpc) is 1.56. The molecule has 2 aliphatic heterocycles. The van der Waals surface area contributed by atoms with E-state index in [0.717, 1.165) is 0 Å². The van der Waals surface area contributed by atoms with E-state index in [4.69, 9.17) is 44.8 Å². The molecule has 2 saturated carbocycles. The molecule has 4 aliphatic rings. The minimum Gasteiger partial charge on any atom is -1.00 e. The quantitative estimate of drug-likeness (QED) is 0.0278. The number of hydrogen-bond donors (Lipinski definition) is 3. The molecule has 6 heterocycles. The molecule has 2 atom stereocenters. The van der Waals surface area contributed by atoms with Crippen LogP contribution in [0.4, 0.5) is 32.2 Å². The number of sulfonamides is 2. The summed E-state index contributed by atoms with van der Waals surface area (Å²) in [4.78, 5) is 46.8. The number of carbonyl (C=O) groups excluding carboxylic acids is 3. The van der Waals surface area contributed by atoms with Crippen LogP contribution in [0.2, 0.25) is 5.15 Å². The van der Waals surface area contributed by atoms with Gasteiger partial charge < -0.3 is 31.3 Å². The Bertz CT molecular complexity index is 4050. The number of alkyl halides is 6. The van der Waals surface area contributed by atoms with Crippen molar-refractivity contribution in [3.05, 3.63) is 126 Å². The zero-order valence-corrected chi connectivity index (χ0v) is 60.4. The first-order valence-corrected chi connectivity index (χ1v) is 29.7. The summed E-state index contributed by atoms with van der Waals surface area (Å²) in [5.74, 6) is -4.27. The van der Waals surface area contributed by atoms with Crippen LogP contribution in [0.1, 0.15) is 129 Å². The molecule has 2 aliphatic carbocycles. The Morgan fingerprint density at radius 3 is 1.51 bits per heavy atom. The molecule has 10 rings (SSSR count). The molecule has 2 aromatic carbocycles. The molecule has 490 valence electrons. The Kier molecular flexibility index (Phi) is 24.8. The van der Waals surface area contributed by atoms with E-state index in [9.17, 15) is 52.8 Å². The average molecular weight is 1440 g/mol. The first-order chi connectivity index (χ1) is 44.7. The minimum atomic E-state index is -4.33. The smallest absolute Gasteiger partial charge is 1.00 e. The molecule has 34 heteroatoms. The maximum Gasteiger partial charge on any atom is 1.00 e. The molecule has 0 radical (unpaired) electrons. The second-order valence-corrected chi connectivity index (χ2v) is 25.0. The number of nitrogens with zero attached hydrogens (tertiary/aromatic N) is 7. The van der Waals surface area contributed by atoms with E-state index in [1.807, 2.05) is 9.44 Å². The zero-order chi connectivity index (χ0) is 72.4. The fourth-order valence-corrected chi connectivity index (χ4v) is 11.1. The van der Waals surface area contributed by atoms with E-state index >= 15 is 0 Å². The number of amides is 2. The van der Waals surface area contributed by atoms with Crippen molar-refractivity contribution >= 4 is 82.7 Å². The zero-order valence-electron chi connectivity index (χ0n) is 60.8. The van der Waals surface area contributed by atoms with Crippen LogP contribution in [0.15, 0.2) is 119 Å². The Labute approximate surface area is 643 Å². The van der Waals surface area contributed by atoms with Crippen LogP contribution in [0.25, 0.3) is 11.6 Å². The summed E-state index contributed by atoms with van der Waals surface area (Å²) < 4.78 is 225. The van der Waals surface area contributed by atoms with Gasteiger partial charge in [-0.15, -0.1) is 10.2 Å². The van der Waals surface area contributed by atoms with E-state index < -0.39 is 104 Å². The molecular weight excluding hydrogens is 1360 g/mol. The molecule has 0 bridgehead atoms. The summed E-state index contributed by atoms with van der Waals surface area (Å²) in [6.45, 7) is 0.667. The number of hydrogen-bond acceptors (Lipinski definition) is 17.